The number of rotatable bonds is 3. The summed E-state index contributed by atoms with van der Waals surface area (Å²) in [6.45, 7) is 1.14. The molecule has 0 radical (unpaired) electrons. The Kier molecular flexibility index (Phi) is 3.57. The lowest BCUT2D eigenvalue weighted by Crippen LogP contribution is -2.54. The van der Waals surface area contributed by atoms with E-state index in [4.69, 9.17) is 10.4 Å². The Morgan fingerprint density at radius 2 is 2.25 bits per heavy atom. The van der Waals surface area contributed by atoms with E-state index >= 15 is 0 Å². The van der Waals surface area contributed by atoms with E-state index in [0.717, 1.165) is 6.92 Å². The average molecular weight is 188 g/mol. The second-order valence-corrected chi connectivity index (χ2v) is 2.48. The number of carboxylic acid groups (broad SMARTS) is 1. The SMILES string of the molecule is CC(=O)NC(C#N)(CS)C(=O)O. The monoisotopic (exact) mass is 188 g/mol. The molecule has 0 rings (SSSR count). The molecule has 1 unspecified atom stereocenters. The Bertz CT molecular complexity index is 248. The van der Waals surface area contributed by atoms with Gasteiger partial charge in [0.05, 0.1) is 0 Å². The smallest absolute Gasteiger partial charge is 0.345 e. The van der Waals surface area contributed by atoms with Crippen LogP contribution in [0.25, 0.3) is 0 Å². The molecule has 0 heterocycles. The third kappa shape index (κ3) is 2.13. The van der Waals surface area contributed by atoms with Gasteiger partial charge in [0.25, 0.3) is 0 Å². The van der Waals surface area contributed by atoms with Gasteiger partial charge in [0.2, 0.25) is 11.4 Å². The number of amides is 1. The first-order valence-electron chi connectivity index (χ1n) is 3.03. The number of carbonyl (C=O) groups excluding carboxylic acids is 1. The molecule has 1 amide bonds. The van der Waals surface area contributed by atoms with E-state index in [-0.39, 0.29) is 5.75 Å². The standard InChI is InChI=1S/C6H8N2O3S/c1-4(9)8-6(2-7,3-12)5(10)11/h12H,3H2,1H3,(H,8,9)(H,10,11). The molecule has 0 aromatic carbocycles. The van der Waals surface area contributed by atoms with E-state index in [0.29, 0.717) is 0 Å². The van der Waals surface area contributed by atoms with E-state index in [1.165, 1.54) is 6.07 Å². The van der Waals surface area contributed by atoms with Crippen LogP contribution >= 0.6 is 12.6 Å². The molecular formula is C6H8N2O3S. The van der Waals surface area contributed by atoms with Crippen molar-refractivity contribution in [1.29, 1.82) is 5.26 Å². The van der Waals surface area contributed by atoms with Crippen LogP contribution in [0.15, 0.2) is 0 Å². The zero-order valence-corrected chi connectivity index (χ0v) is 7.26. The number of nitrogens with one attached hydrogen (secondary N) is 1. The highest BCUT2D eigenvalue weighted by Gasteiger charge is 2.38. The minimum Gasteiger partial charge on any atom is -0.479 e. The van der Waals surface area contributed by atoms with E-state index in [1.54, 1.807) is 0 Å². The highest BCUT2D eigenvalue weighted by molar-refractivity contribution is 7.80. The summed E-state index contributed by atoms with van der Waals surface area (Å²) in [6, 6.07) is 1.49. The van der Waals surface area contributed by atoms with E-state index < -0.39 is 17.4 Å². The lowest BCUT2D eigenvalue weighted by atomic mass is 10.1. The summed E-state index contributed by atoms with van der Waals surface area (Å²) in [6.07, 6.45) is 0. The largest absolute Gasteiger partial charge is 0.479 e. The van der Waals surface area contributed by atoms with Gasteiger partial charge >= 0.3 is 5.97 Å². The van der Waals surface area contributed by atoms with Crippen molar-refractivity contribution in [2.24, 2.45) is 0 Å². The van der Waals surface area contributed by atoms with Gasteiger partial charge in [-0.2, -0.15) is 17.9 Å². The van der Waals surface area contributed by atoms with Gasteiger partial charge in [-0.15, -0.1) is 0 Å². The average Bonchev–Trinajstić information content (AvgIpc) is 1.99. The fourth-order valence-corrected chi connectivity index (χ4v) is 0.857. The third-order valence-electron chi connectivity index (χ3n) is 1.18. The number of carboxylic acids is 1. The predicted octanol–water partition coefficient (Wildman–Crippen LogP) is -0.601. The van der Waals surface area contributed by atoms with Crippen LogP contribution in [-0.4, -0.2) is 28.3 Å². The summed E-state index contributed by atoms with van der Waals surface area (Å²) < 4.78 is 0. The van der Waals surface area contributed by atoms with Gasteiger partial charge in [-0.25, -0.2) is 4.79 Å². The second kappa shape index (κ2) is 3.97. The number of carbonyl (C=O) groups is 2. The highest BCUT2D eigenvalue weighted by Crippen LogP contribution is 2.05. The summed E-state index contributed by atoms with van der Waals surface area (Å²) in [5, 5.41) is 19.1. The maximum atomic E-state index is 10.5. The van der Waals surface area contributed by atoms with Crippen molar-refractivity contribution in [3.8, 4) is 6.07 Å². The van der Waals surface area contributed by atoms with Crippen molar-refractivity contribution in [3.63, 3.8) is 0 Å². The van der Waals surface area contributed by atoms with Crippen LogP contribution in [0.5, 0.6) is 0 Å². The third-order valence-corrected chi connectivity index (χ3v) is 1.66. The van der Waals surface area contributed by atoms with Gasteiger partial charge in [-0.3, -0.25) is 4.79 Å². The molecule has 0 aliphatic heterocycles. The van der Waals surface area contributed by atoms with Crippen LogP contribution in [0.2, 0.25) is 0 Å². The molecule has 0 aromatic rings. The molecule has 0 saturated carbocycles. The molecule has 6 heteroatoms. The van der Waals surface area contributed by atoms with E-state index in [1.807, 2.05) is 5.32 Å². The molecule has 0 aromatic heterocycles. The number of hydrogen-bond donors (Lipinski definition) is 3. The summed E-state index contributed by atoms with van der Waals surface area (Å²) in [4.78, 5) is 21.1. The number of thiol groups is 1. The van der Waals surface area contributed by atoms with Crippen LogP contribution in [0.4, 0.5) is 0 Å². The molecule has 1 atom stereocenters. The van der Waals surface area contributed by atoms with Crippen LogP contribution in [0.1, 0.15) is 6.92 Å². The Morgan fingerprint density at radius 1 is 1.75 bits per heavy atom. The lowest BCUT2D eigenvalue weighted by molar-refractivity contribution is -0.143. The van der Waals surface area contributed by atoms with Gasteiger partial charge in [-0.1, -0.05) is 0 Å². The topological polar surface area (TPSA) is 90.2 Å². The van der Waals surface area contributed by atoms with Crippen LogP contribution in [0.3, 0.4) is 0 Å². The molecule has 66 valence electrons. The molecule has 2 N–H and O–H groups in total. The quantitative estimate of drug-likeness (QED) is 0.516. The predicted molar refractivity (Wildman–Crippen MR) is 43.6 cm³/mol. The first kappa shape index (κ1) is 10.8. The number of aliphatic carboxylic acids is 1. The normalized spacial score (nSPS) is 14.1. The van der Waals surface area contributed by atoms with Crippen LogP contribution in [0, 0.1) is 11.3 Å². The van der Waals surface area contributed by atoms with Gasteiger partial charge in [0.1, 0.15) is 6.07 Å². The minimum absolute atomic E-state index is 0.265. The first-order valence-corrected chi connectivity index (χ1v) is 3.66. The first-order chi connectivity index (χ1) is 5.48. The molecule has 0 fully saturated rings. The summed E-state index contributed by atoms with van der Waals surface area (Å²) >= 11 is 3.68. The van der Waals surface area contributed by atoms with Crippen molar-refractivity contribution in [1.82, 2.24) is 5.32 Å². The van der Waals surface area contributed by atoms with Crippen molar-refractivity contribution in [3.05, 3.63) is 0 Å². The Hall–Kier alpha value is -1.22. The minimum atomic E-state index is -1.91. The number of nitriles is 1. The van der Waals surface area contributed by atoms with Crippen molar-refractivity contribution in [2.75, 3.05) is 5.75 Å². The highest BCUT2D eigenvalue weighted by atomic mass is 32.1. The Labute approximate surface area is 74.8 Å². The fraction of sp³-hybridized carbons (Fsp3) is 0.500. The van der Waals surface area contributed by atoms with Gasteiger partial charge < -0.3 is 10.4 Å². The molecule has 0 aliphatic carbocycles. The maximum absolute atomic E-state index is 10.5. The van der Waals surface area contributed by atoms with Gasteiger partial charge in [-0.05, 0) is 0 Å². The van der Waals surface area contributed by atoms with Crippen molar-refractivity contribution < 1.29 is 14.7 Å². The van der Waals surface area contributed by atoms with Crippen LogP contribution < -0.4 is 5.32 Å². The van der Waals surface area contributed by atoms with Gasteiger partial charge in [0, 0.05) is 12.7 Å². The number of nitrogens with zero attached hydrogens (tertiary/aromatic N) is 1. The second-order valence-electron chi connectivity index (χ2n) is 2.16. The molecule has 0 saturated heterocycles. The molecule has 5 nitrogen and oxygen atoms in total. The van der Waals surface area contributed by atoms with Crippen molar-refractivity contribution >= 4 is 24.5 Å². The van der Waals surface area contributed by atoms with Gasteiger partial charge in [0.15, 0.2) is 0 Å². The van der Waals surface area contributed by atoms with E-state index in [2.05, 4.69) is 12.6 Å². The Balaban J connectivity index is 4.74. The summed E-state index contributed by atoms with van der Waals surface area (Å²) in [5.41, 5.74) is -1.91. The zero-order chi connectivity index (χ0) is 9.78. The molecule has 0 spiro atoms. The molecule has 0 aliphatic rings. The maximum Gasteiger partial charge on any atom is 0.345 e. The summed E-state index contributed by atoms with van der Waals surface area (Å²) in [7, 11) is 0. The molecule has 12 heavy (non-hydrogen) atoms. The molecular weight excluding hydrogens is 180 g/mol. The zero-order valence-electron chi connectivity index (χ0n) is 6.37. The Morgan fingerprint density at radius 3 is 2.33 bits per heavy atom. The fourth-order valence-electron chi connectivity index (χ4n) is 0.572. The van der Waals surface area contributed by atoms with Crippen molar-refractivity contribution in [2.45, 2.75) is 12.5 Å². The number of hydrogen-bond acceptors (Lipinski definition) is 4. The lowest BCUT2D eigenvalue weighted by Gasteiger charge is -2.19. The summed E-state index contributed by atoms with van der Waals surface area (Å²) in [5.74, 6) is -2.25. The van der Waals surface area contributed by atoms with E-state index in [9.17, 15) is 9.59 Å². The molecule has 0 bridgehead atoms. The van der Waals surface area contributed by atoms with Crippen LogP contribution in [-0.2, 0) is 9.59 Å².